The standard InChI is InChI=1S/C16H24N2O2/c1-16(20)10-5-11-18(12-16)15(19)14(17)9-8-13-6-3-2-4-7-13/h2-4,6-7,14,20H,5,8-12,17H2,1H3/t14-,16?/m0/s1. The average Bonchev–Trinajstić information content (AvgIpc) is 2.44. The first-order valence-corrected chi connectivity index (χ1v) is 7.29. The molecule has 0 bridgehead atoms. The molecule has 1 aromatic rings. The van der Waals surface area contributed by atoms with Gasteiger partial charge >= 0.3 is 0 Å². The van der Waals surface area contributed by atoms with Gasteiger partial charge in [0.25, 0.3) is 0 Å². The van der Waals surface area contributed by atoms with Crippen LogP contribution in [0.25, 0.3) is 0 Å². The van der Waals surface area contributed by atoms with E-state index in [0.717, 1.165) is 19.3 Å². The summed E-state index contributed by atoms with van der Waals surface area (Å²) in [4.78, 5) is 14.0. The molecule has 1 aromatic carbocycles. The molecule has 0 aliphatic carbocycles. The van der Waals surface area contributed by atoms with Gasteiger partial charge in [-0.2, -0.15) is 0 Å². The molecule has 1 fully saturated rings. The first kappa shape index (κ1) is 15.0. The lowest BCUT2D eigenvalue weighted by molar-refractivity contribution is -0.139. The zero-order valence-electron chi connectivity index (χ0n) is 12.1. The molecule has 2 atom stereocenters. The minimum atomic E-state index is -0.771. The SMILES string of the molecule is CC1(O)CCCN(C(=O)[C@@H](N)CCc2ccccc2)C1. The quantitative estimate of drug-likeness (QED) is 0.871. The number of aliphatic hydroxyl groups is 1. The molecule has 0 saturated carbocycles. The smallest absolute Gasteiger partial charge is 0.239 e. The monoisotopic (exact) mass is 276 g/mol. The summed E-state index contributed by atoms with van der Waals surface area (Å²) >= 11 is 0. The minimum Gasteiger partial charge on any atom is -0.388 e. The van der Waals surface area contributed by atoms with Crippen LogP contribution in [0, 0.1) is 0 Å². The molecule has 0 aromatic heterocycles. The van der Waals surface area contributed by atoms with Crippen LogP contribution in [-0.4, -0.2) is 40.6 Å². The van der Waals surface area contributed by atoms with Crippen LogP contribution >= 0.6 is 0 Å². The molecule has 4 heteroatoms. The second-order valence-corrected chi connectivity index (χ2v) is 5.99. The second kappa shape index (κ2) is 6.37. The van der Waals surface area contributed by atoms with E-state index in [1.807, 2.05) is 30.3 Å². The number of likely N-dealkylation sites (tertiary alicyclic amines) is 1. The Balaban J connectivity index is 1.85. The van der Waals surface area contributed by atoms with E-state index in [0.29, 0.717) is 19.5 Å². The Labute approximate surface area is 120 Å². The summed E-state index contributed by atoms with van der Waals surface area (Å²) in [6.45, 7) is 2.88. The molecule has 0 spiro atoms. The van der Waals surface area contributed by atoms with Crippen molar-refractivity contribution in [3.05, 3.63) is 35.9 Å². The zero-order valence-corrected chi connectivity index (χ0v) is 12.1. The number of nitrogens with zero attached hydrogens (tertiary/aromatic N) is 1. The van der Waals surface area contributed by atoms with E-state index in [1.165, 1.54) is 5.56 Å². The fraction of sp³-hybridized carbons (Fsp3) is 0.562. The van der Waals surface area contributed by atoms with Gasteiger partial charge in [0, 0.05) is 13.1 Å². The predicted octanol–water partition coefficient (Wildman–Crippen LogP) is 1.32. The molecule has 1 aliphatic heterocycles. The van der Waals surface area contributed by atoms with Gasteiger partial charge in [-0.25, -0.2) is 0 Å². The van der Waals surface area contributed by atoms with Crippen LogP contribution in [0.1, 0.15) is 31.7 Å². The molecular formula is C16H24N2O2. The number of piperidine rings is 1. The number of carbonyl (C=O) groups excluding carboxylic acids is 1. The molecule has 20 heavy (non-hydrogen) atoms. The average molecular weight is 276 g/mol. The summed E-state index contributed by atoms with van der Waals surface area (Å²) in [6.07, 6.45) is 3.03. The van der Waals surface area contributed by atoms with E-state index >= 15 is 0 Å². The normalized spacial score (nSPS) is 24.4. The predicted molar refractivity (Wildman–Crippen MR) is 79.2 cm³/mol. The maximum Gasteiger partial charge on any atom is 0.239 e. The van der Waals surface area contributed by atoms with Gasteiger partial charge in [-0.05, 0) is 38.2 Å². The number of benzene rings is 1. The third-order valence-electron chi connectivity index (χ3n) is 3.89. The van der Waals surface area contributed by atoms with Crippen molar-refractivity contribution in [1.29, 1.82) is 0 Å². The van der Waals surface area contributed by atoms with E-state index < -0.39 is 11.6 Å². The van der Waals surface area contributed by atoms with Crippen molar-refractivity contribution in [1.82, 2.24) is 4.90 Å². The van der Waals surface area contributed by atoms with Crippen LogP contribution in [0.15, 0.2) is 30.3 Å². The van der Waals surface area contributed by atoms with Gasteiger partial charge in [0.05, 0.1) is 11.6 Å². The number of rotatable bonds is 4. The molecular weight excluding hydrogens is 252 g/mol. The number of carbonyl (C=O) groups is 1. The van der Waals surface area contributed by atoms with Crippen LogP contribution in [0.5, 0.6) is 0 Å². The number of aryl methyl sites for hydroxylation is 1. The van der Waals surface area contributed by atoms with E-state index in [1.54, 1.807) is 11.8 Å². The fourth-order valence-electron chi connectivity index (χ4n) is 2.73. The van der Waals surface area contributed by atoms with Crippen molar-refractivity contribution >= 4 is 5.91 Å². The molecule has 1 amide bonds. The largest absolute Gasteiger partial charge is 0.388 e. The van der Waals surface area contributed by atoms with Crippen LogP contribution in [-0.2, 0) is 11.2 Å². The van der Waals surface area contributed by atoms with E-state index in [2.05, 4.69) is 0 Å². The second-order valence-electron chi connectivity index (χ2n) is 5.99. The summed E-state index contributed by atoms with van der Waals surface area (Å²) in [5.41, 5.74) is 6.44. The lowest BCUT2D eigenvalue weighted by atomic mass is 9.94. The summed E-state index contributed by atoms with van der Waals surface area (Å²) in [7, 11) is 0. The number of nitrogens with two attached hydrogens (primary N) is 1. The van der Waals surface area contributed by atoms with Crippen molar-refractivity contribution in [2.24, 2.45) is 5.73 Å². The molecule has 1 unspecified atom stereocenters. The highest BCUT2D eigenvalue weighted by atomic mass is 16.3. The molecule has 4 nitrogen and oxygen atoms in total. The third-order valence-corrected chi connectivity index (χ3v) is 3.89. The molecule has 110 valence electrons. The number of hydrogen-bond acceptors (Lipinski definition) is 3. The van der Waals surface area contributed by atoms with Gasteiger partial charge in [0.15, 0.2) is 0 Å². The summed E-state index contributed by atoms with van der Waals surface area (Å²) in [5.74, 6) is -0.0408. The third kappa shape index (κ3) is 4.05. The Bertz CT molecular complexity index is 445. The van der Waals surface area contributed by atoms with Crippen LogP contribution in [0.4, 0.5) is 0 Å². The van der Waals surface area contributed by atoms with Crippen LogP contribution < -0.4 is 5.73 Å². The van der Waals surface area contributed by atoms with Crippen LogP contribution in [0.2, 0.25) is 0 Å². The Morgan fingerprint density at radius 1 is 1.45 bits per heavy atom. The number of amides is 1. The maximum absolute atomic E-state index is 12.3. The molecule has 1 saturated heterocycles. The lowest BCUT2D eigenvalue weighted by Gasteiger charge is -2.37. The molecule has 2 rings (SSSR count). The highest BCUT2D eigenvalue weighted by Crippen LogP contribution is 2.21. The van der Waals surface area contributed by atoms with Gasteiger partial charge in [-0.15, -0.1) is 0 Å². The maximum atomic E-state index is 12.3. The lowest BCUT2D eigenvalue weighted by Crippen LogP contribution is -2.53. The minimum absolute atomic E-state index is 0.0408. The molecule has 1 heterocycles. The first-order valence-electron chi connectivity index (χ1n) is 7.29. The van der Waals surface area contributed by atoms with E-state index in [4.69, 9.17) is 5.73 Å². The van der Waals surface area contributed by atoms with E-state index in [9.17, 15) is 9.90 Å². The molecule has 0 radical (unpaired) electrons. The van der Waals surface area contributed by atoms with E-state index in [-0.39, 0.29) is 5.91 Å². The Morgan fingerprint density at radius 2 is 2.15 bits per heavy atom. The van der Waals surface area contributed by atoms with Gasteiger partial charge in [0.1, 0.15) is 0 Å². The first-order chi connectivity index (χ1) is 9.48. The Kier molecular flexibility index (Phi) is 4.78. The van der Waals surface area contributed by atoms with Crippen molar-refractivity contribution in [2.45, 2.75) is 44.2 Å². The molecule has 1 aliphatic rings. The topological polar surface area (TPSA) is 66.6 Å². The van der Waals surface area contributed by atoms with Crippen molar-refractivity contribution in [3.8, 4) is 0 Å². The Morgan fingerprint density at radius 3 is 2.80 bits per heavy atom. The van der Waals surface area contributed by atoms with Gasteiger partial charge < -0.3 is 15.7 Å². The summed E-state index contributed by atoms with van der Waals surface area (Å²) < 4.78 is 0. The summed E-state index contributed by atoms with van der Waals surface area (Å²) in [5, 5.41) is 10.0. The highest BCUT2D eigenvalue weighted by Gasteiger charge is 2.32. The van der Waals surface area contributed by atoms with Crippen LogP contribution in [0.3, 0.4) is 0 Å². The summed E-state index contributed by atoms with van der Waals surface area (Å²) in [6, 6.07) is 9.56. The van der Waals surface area contributed by atoms with Crippen molar-refractivity contribution in [3.63, 3.8) is 0 Å². The van der Waals surface area contributed by atoms with Crippen molar-refractivity contribution in [2.75, 3.05) is 13.1 Å². The van der Waals surface area contributed by atoms with Crippen molar-refractivity contribution < 1.29 is 9.90 Å². The van der Waals surface area contributed by atoms with Gasteiger partial charge in [-0.1, -0.05) is 30.3 Å². The van der Waals surface area contributed by atoms with Gasteiger partial charge in [0.2, 0.25) is 5.91 Å². The highest BCUT2D eigenvalue weighted by molar-refractivity contribution is 5.81. The zero-order chi connectivity index (χ0) is 14.6. The number of β-amino-alcohol motifs (C(OH)–C–C–N with tert-alkyl or cyclic N) is 1. The molecule has 3 N–H and O–H groups in total. The number of hydrogen-bond donors (Lipinski definition) is 2. The Hall–Kier alpha value is -1.39. The fourth-order valence-corrected chi connectivity index (χ4v) is 2.73. The van der Waals surface area contributed by atoms with Gasteiger partial charge in [-0.3, -0.25) is 4.79 Å².